The number of carbonyl (C=O) groups excluding carboxylic acids is 3. The van der Waals surface area contributed by atoms with Crippen LogP contribution < -0.4 is 10.6 Å². The zero-order valence-electron chi connectivity index (χ0n) is 16.1. The van der Waals surface area contributed by atoms with Crippen LogP contribution in [0, 0.1) is 0 Å². The van der Waals surface area contributed by atoms with Gasteiger partial charge in [-0.15, -0.1) is 0 Å². The van der Waals surface area contributed by atoms with Crippen LogP contribution in [0.5, 0.6) is 0 Å². The highest BCUT2D eigenvalue weighted by atomic mass is 35.5. The Kier molecular flexibility index (Phi) is 4.44. The van der Waals surface area contributed by atoms with Crippen molar-refractivity contribution in [3.63, 3.8) is 0 Å². The normalized spacial score (nSPS) is 19.9. The van der Waals surface area contributed by atoms with Gasteiger partial charge in [-0.05, 0) is 23.3 Å². The van der Waals surface area contributed by atoms with Gasteiger partial charge in [-0.25, -0.2) is 4.79 Å². The molecule has 2 aliphatic heterocycles. The minimum absolute atomic E-state index is 0.0137. The van der Waals surface area contributed by atoms with Crippen LogP contribution in [-0.4, -0.2) is 39.3 Å². The van der Waals surface area contributed by atoms with Gasteiger partial charge in [0.2, 0.25) is 0 Å². The maximum Gasteiger partial charge on any atom is 0.322 e. The molecule has 1 saturated heterocycles. The maximum absolute atomic E-state index is 12.9. The number of urea groups is 1. The lowest BCUT2D eigenvalue weighted by molar-refractivity contribution is -0.124. The number of aromatic nitrogens is 2. The van der Waals surface area contributed by atoms with Gasteiger partial charge in [0.1, 0.15) is 0 Å². The smallest absolute Gasteiger partial charge is 0.322 e. The molecule has 8 nitrogen and oxygen atoms in total. The van der Waals surface area contributed by atoms with Crippen molar-refractivity contribution in [1.29, 1.82) is 0 Å². The summed E-state index contributed by atoms with van der Waals surface area (Å²) in [6.07, 6.45) is 4.82. The number of nitrogens with one attached hydrogen (secondary N) is 2. The van der Waals surface area contributed by atoms with Crippen molar-refractivity contribution < 1.29 is 14.4 Å². The summed E-state index contributed by atoms with van der Waals surface area (Å²) in [5.41, 5.74) is 1.99. The van der Waals surface area contributed by atoms with E-state index in [0.717, 1.165) is 11.1 Å². The number of benzene rings is 2. The van der Waals surface area contributed by atoms with E-state index in [9.17, 15) is 14.4 Å². The van der Waals surface area contributed by atoms with E-state index in [1.165, 1.54) is 0 Å². The molecule has 0 spiro atoms. The van der Waals surface area contributed by atoms with E-state index in [1.807, 2.05) is 0 Å². The number of fused-ring (bicyclic) bond motifs is 1. The van der Waals surface area contributed by atoms with Gasteiger partial charge in [0, 0.05) is 35.1 Å². The van der Waals surface area contributed by atoms with Crippen LogP contribution in [0.3, 0.4) is 0 Å². The number of imide groups is 1. The highest BCUT2D eigenvalue weighted by Gasteiger charge is 2.50. The van der Waals surface area contributed by atoms with Crippen molar-refractivity contribution in [1.82, 2.24) is 25.5 Å². The van der Waals surface area contributed by atoms with Crippen molar-refractivity contribution in [3.8, 4) is 11.3 Å². The zero-order chi connectivity index (χ0) is 21.6. The van der Waals surface area contributed by atoms with Crippen LogP contribution in [0.1, 0.15) is 21.5 Å². The zero-order valence-corrected chi connectivity index (χ0v) is 16.9. The van der Waals surface area contributed by atoms with Gasteiger partial charge in [0.15, 0.2) is 5.54 Å². The quantitative estimate of drug-likeness (QED) is 0.615. The topological polar surface area (TPSA) is 104 Å². The van der Waals surface area contributed by atoms with E-state index >= 15 is 0 Å². The van der Waals surface area contributed by atoms with Gasteiger partial charge in [0.05, 0.1) is 18.4 Å². The predicted octanol–water partition coefficient (Wildman–Crippen LogP) is 2.49. The Morgan fingerprint density at radius 3 is 2.55 bits per heavy atom. The van der Waals surface area contributed by atoms with E-state index < -0.39 is 17.5 Å². The van der Waals surface area contributed by atoms with Crippen LogP contribution in [-0.2, 0) is 16.9 Å². The number of rotatable bonds is 4. The van der Waals surface area contributed by atoms with E-state index in [1.54, 1.807) is 66.0 Å². The fraction of sp³-hybridized carbons (Fsp3) is 0.136. The third kappa shape index (κ3) is 3.21. The van der Waals surface area contributed by atoms with Crippen molar-refractivity contribution in [2.24, 2.45) is 0 Å². The molecule has 0 radical (unpaired) electrons. The van der Waals surface area contributed by atoms with Gasteiger partial charge < -0.3 is 10.2 Å². The predicted molar refractivity (Wildman–Crippen MR) is 112 cm³/mol. The maximum atomic E-state index is 12.9. The Bertz CT molecular complexity index is 1220. The summed E-state index contributed by atoms with van der Waals surface area (Å²) >= 11 is 6.04. The number of hydrogen-bond donors (Lipinski definition) is 2. The monoisotopic (exact) mass is 433 g/mol. The summed E-state index contributed by atoms with van der Waals surface area (Å²) in [5.74, 6) is -0.742. The molecule has 0 aliphatic carbocycles. The molecule has 9 heteroatoms. The van der Waals surface area contributed by atoms with Gasteiger partial charge in [-0.2, -0.15) is 0 Å². The molecular weight excluding hydrogens is 418 g/mol. The van der Waals surface area contributed by atoms with Crippen LogP contribution in [0.15, 0.2) is 61.1 Å². The van der Waals surface area contributed by atoms with Crippen LogP contribution in [0.25, 0.3) is 11.3 Å². The highest BCUT2D eigenvalue weighted by molar-refractivity contribution is 6.31. The second-order valence-corrected chi connectivity index (χ2v) is 7.88. The summed E-state index contributed by atoms with van der Waals surface area (Å²) in [4.78, 5) is 47.8. The van der Waals surface area contributed by atoms with E-state index in [-0.39, 0.29) is 12.5 Å². The van der Waals surface area contributed by atoms with Gasteiger partial charge >= 0.3 is 6.03 Å². The minimum Gasteiger partial charge on any atom is -0.331 e. The van der Waals surface area contributed by atoms with Crippen molar-refractivity contribution in [2.45, 2.75) is 12.1 Å². The molecular formula is C22H16ClN5O3. The van der Waals surface area contributed by atoms with E-state index in [0.29, 0.717) is 28.4 Å². The number of amides is 4. The number of halogens is 1. The number of hydrogen-bond acceptors (Lipinski definition) is 5. The molecule has 3 aromatic rings. The number of carbonyl (C=O) groups is 3. The van der Waals surface area contributed by atoms with Crippen molar-refractivity contribution in [3.05, 3.63) is 82.8 Å². The van der Waals surface area contributed by atoms with Crippen LogP contribution in [0.4, 0.5) is 4.79 Å². The molecule has 154 valence electrons. The van der Waals surface area contributed by atoms with Crippen molar-refractivity contribution in [2.75, 3.05) is 6.54 Å². The Morgan fingerprint density at radius 2 is 1.87 bits per heavy atom. The molecule has 0 bridgehead atoms. The average Bonchev–Trinajstić information content (AvgIpc) is 3.24. The molecule has 31 heavy (non-hydrogen) atoms. The highest BCUT2D eigenvalue weighted by Crippen LogP contribution is 2.32. The summed E-state index contributed by atoms with van der Waals surface area (Å²) in [7, 11) is 0. The van der Waals surface area contributed by atoms with Gasteiger partial charge in [-0.3, -0.25) is 24.9 Å². The fourth-order valence-corrected chi connectivity index (χ4v) is 4.19. The van der Waals surface area contributed by atoms with Gasteiger partial charge in [0.25, 0.3) is 11.8 Å². The molecule has 1 aromatic heterocycles. The molecule has 2 aliphatic rings. The lowest BCUT2D eigenvalue weighted by Crippen LogP contribution is -2.52. The molecule has 1 atom stereocenters. The van der Waals surface area contributed by atoms with E-state index in [2.05, 4.69) is 20.6 Å². The molecule has 4 amide bonds. The first kappa shape index (κ1) is 19.2. The molecule has 1 fully saturated rings. The first-order valence-corrected chi connectivity index (χ1v) is 9.92. The first-order chi connectivity index (χ1) is 15.0. The molecule has 1 unspecified atom stereocenters. The molecule has 5 rings (SSSR count). The lowest BCUT2D eigenvalue weighted by Gasteiger charge is -2.31. The minimum atomic E-state index is -1.40. The summed E-state index contributed by atoms with van der Waals surface area (Å²) < 4.78 is 0. The Morgan fingerprint density at radius 1 is 1.06 bits per heavy atom. The van der Waals surface area contributed by atoms with Crippen LogP contribution >= 0.6 is 11.6 Å². The largest absolute Gasteiger partial charge is 0.331 e. The Balaban J connectivity index is 1.49. The molecule has 2 N–H and O–H groups in total. The SMILES string of the molecule is O=C1NC(=O)C(CN2Cc3ccc(Cl)cc3C2=O)(c2ccc(-c3cnccn3)cc2)N1. The Labute approximate surface area is 182 Å². The summed E-state index contributed by atoms with van der Waals surface area (Å²) in [5, 5.41) is 5.50. The third-order valence-electron chi connectivity index (χ3n) is 5.56. The molecule has 2 aromatic carbocycles. The molecule has 3 heterocycles. The standard InChI is InChI=1S/C22H16ClN5O3/c23-16-6-3-14-11-28(19(29)17(14)9-16)12-22(20(30)26-21(31)27-22)15-4-1-13(2-5-15)18-10-24-7-8-25-18/h1-10H,11-12H2,(H2,26,27,30,31). The second-order valence-electron chi connectivity index (χ2n) is 7.44. The van der Waals surface area contributed by atoms with Crippen LogP contribution in [0.2, 0.25) is 5.02 Å². The molecule has 0 saturated carbocycles. The van der Waals surface area contributed by atoms with Crippen molar-refractivity contribution >= 4 is 29.4 Å². The second kappa shape index (κ2) is 7.17. The Hall–Kier alpha value is -3.78. The lowest BCUT2D eigenvalue weighted by atomic mass is 9.88. The fourth-order valence-electron chi connectivity index (χ4n) is 4.02. The summed E-state index contributed by atoms with van der Waals surface area (Å²) in [6, 6.07) is 11.6. The first-order valence-electron chi connectivity index (χ1n) is 9.54. The van der Waals surface area contributed by atoms with Gasteiger partial charge in [-0.1, -0.05) is 41.9 Å². The summed E-state index contributed by atoms with van der Waals surface area (Å²) in [6.45, 7) is 0.314. The van der Waals surface area contributed by atoms with E-state index in [4.69, 9.17) is 11.6 Å². The number of nitrogens with zero attached hydrogens (tertiary/aromatic N) is 3. The average molecular weight is 434 g/mol. The third-order valence-corrected chi connectivity index (χ3v) is 5.79.